The summed E-state index contributed by atoms with van der Waals surface area (Å²) in [6.45, 7) is 22.0. The average molecular weight is 2070 g/mol. The van der Waals surface area contributed by atoms with Crippen LogP contribution in [-0.4, -0.2) is 220 Å². The molecule has 3 aromatic heterocycles. The number of aromatic nitrogens is 6. The molecule has 0 radical (unpaired) electrons. The third-order valence-corrected chi connectivity index (χ3v) is 24.3. The number of piperazine rings is 3. The molecule has 34 nitrogen and oxygen atoms in total. The van der Waals surface area contributed by atoms with Crippen molar-refractivity contribution in [1.82, 2.24) is 60.8 Å². The summed E-state index contributed by atoms with van der Waals surface area (Å²) in [5.41, 5.74) is 4.73. The van der Waals surface area contributed by atoms with E-state index >= 15 is 0 Å². The van der Waals surface area contributed by atoms with Crippen LogP contribution < -0.4 is 27.3 Å². The number of aromatic amines is 3. The minimum Gasteiger partial charge on any atom is -0.478 e. The van der Waals surface area contributed by atoms with Crippen molar-refractivity contribution in [3.05, 3.63) is 367 Å². The summed E-state index contributed by atoms with van der Waals surface area (Å²) in [7, 11) is 0.0844. The molecule has 10 aromatic carbocycles. The first-order chi connectivity index (χ1) is 70.4. The summed E-state index contributed by atoms with van der Waals surface area (Å²) in [6, 6.07) is 59.2. The van der Waals surface area contributed by atoms with Gasteiger partial charge in [0, 0.05) is 152 Å². The molecule has 8 heterocycles. The molecule has 1 unspecified atom stereocenters. The Morgan fingerprint density at radius 3 is 1.19 bits per heavy atom. The predicted molar refractivity (Wildman–Crippen MR) is 545 cm³/mol. The normalized spacial score (nSPS) is 14.0. The van der Waals surface area contributed by atoms with Crippen LogP contribution >= 0.6 is 20.0 Å². The number of nitrogens with zero attached hydrogens (tertiary/aromatic N) is 9. The highest BCUT2D eigenvalue weighted by Gasteiger charge is 2.46. The SMILES string of the molecule is CC.CC(C)(C)OC(=O)N1CCN(C(=O)c2cc(Cc3n[nH]c(=O)c4ccccc34)ccc2F)CC1.CC(C)(C)OC(=O)N1CCNCC1.CO.COP(=O)(OC)C1OC(=O)c2ccccc21.Cl.N#Cc1cc(/C=C2\OC(=O)c3ccccc32)ccc1F.N#Cc1cc(C=O)ccc1F.O=C(O)c1cc(Cc2n[nH]c(=O)c3ccccc23)ccc1F.O=C(c1cc(Cc2n[nH]c(=O)c3ccccc23)ccc1F)N1CCNCC1. The van der Waals surface area contributed by atoms with Crippen molar-refractivity contribution in [1.29, 1.82) is 10.5 Å². The Balaban J connectivity index is 0.000000196. The maximum absolute atomic E-state index is 14.6. The third-order valence-electron chi connectivity index (χ3n) is 22.3. The summed E-state index contributed by atoms with van der Waals surface area (Å²) >= 11 is 0. The lowest BCUT2D eigenvalue weighted by Gasteiger charge is -2.35. The van der Waals surface area contributed by atoms with E-state index < -0.39 is 78.0 Å². The number of fused-ring (bicyclic) bond motifs is 5. The largest absolute Gasteiger partial charge is 0.478 e. The molecule has 148 heavy (non-hydrogen) atoms. The number of hydrogen-bond acceptors (Lipinski definition) is 26. The second kappa shape index (κ2) is 54.2. The Hall–Kier alpha value is -16.1. The van der Waals surface area contributed by atoms with Crippen LogP contribution in [0, 0.1) is 51.7 Å². The summed E-state index contributed by atoms with van der Waals surface area (Å²) in [5.74, 6) is -6.61. The number of aromatic carboxylic acids is 1. The Bertz CT molecular complexity index is 7340. The molecular weight excluding hydrogens is 1960 g/mol. The van der Waals surface area contributed by atoms with Gasteiger partial charge in [0.25, 0.3) is 28.5 Å². The van der Waals surface area contributed by atoms with Gasteiger partial charge in [-0.1, -0.05) is 129 Å². The zero-order valence-electron chi connectivity index (χ0n) is 82.6. The molecular formula is C107H109ClF5N14O20P. The second-order valence-electron chi connectivity index (χ2n) is 34.4. The van der Waals surface area contributed by atoms with Gasteiger partial charge in [0.1, 0.15) is 64.5 Å². The standard InChI is InChI=1S/C25H27FN4O4.C20H19FN4O2.C16H11FN2O3.C16H8FNO2.C10H11O5P.C9H18N2O2.C8H4FNO.C2H6.CH4O.ClH/c1-25(2,3)34-24(33)30-12-10-29(11-13-30)23(32)19-14-16(8-9-20(19)26)15-21-17-6-4-5-7-18(17)22(31)28-27-21;21-17-6-5-13(11-16(17)20(27)25-9-7-22-8-10-25)12-18-14-3-1-2-4-15(14)19(26)24-23-18;17-13-6-5-9(7-12(13)16(21)22)8-14-10-3-1-2-4-11(10)15(20)19-18-14;17-14-6-5-10(7-11(14)9-18)8-15-12-3-1-2-4-13(12)16(19)20-15;1-13-16(12,14-2)10-8-6-4-3-5-7(8)9(11)15-10;1-9(2,3)13-8(12)11-6-4-10-5-7-11;9-8-2-1-6(5-11)3-7(8)4-10;2*1-2;/h4-9,14H,10-13,15H2,1-3H3,(H,28,31);1-6,11,22H,7-10,12H2,(H,24,26);1-7H,8H2,(H,19,20)(H,21,22);1-8H;3-6,10H,1-2H3;10H,4-7H2,1-3H3;1-3,5H;1-2H3;2H,1H3;1H/b;;;15-8-;;;;;;. The van der Waals surface area contributed by atoms with E-state index in [1.807, 2.05) is 58.9 Å². The molecule has 1 atom stereocenters. The van der Waals surface area contributed by atoms with Gasteiger partial charge in [0.05, 0.1) is 72.2 Å². The lowest BCUT2D eigenvalue weighted by atomic mass is 10.0. The summed E-state index contributed by atoms with van der Waals surface area (Å²) in [6.07, 6.45) is 2.56. The van der Waals surface area contributed by atoms with Gasteiger partial charge in [-0.3, -0.25) is 33.3 Å². The Kier molecular flexibility index (Phi) is 42.3. The number of carboxylic acid groups (broad SMARTS) is 1. The van der Waals surface area contributed by atoms with Crippen molar-refractivity contribution in [2.75, 3.05) is 99.9 Å². The van der Waals surface area contributed by atoms with Crippen molar-refractivity contribution in [3.63, 3.8) is 0 Å². The van der Waals surface area contributed by atoms with Crippen molar-refractivity contribution < 1.29 is 103 Å². The topological polar surface area (TPSA) is 471 Å². The fourth-order valence-corrected chi connectivity index (χ4v) is 16.6. The van der Waals surface area contributed by atoms with E-state index in [1.165, 1.54) is 79.8 Å². The number of H-pyrrole nitrogens is 3. The number of esters is 2. The van der Waals surface area contributed by atoms with Crippen LogP contribution in [0.25, 0.3) is 44.2 Å². The Morgan fingerprint density at radius 1 is 0.453 bits per heavy atom. The molecule has 3 saturated heterocycles. The van der Waals surface area contributed by atoms with Crippen molar-refractivity contribution >= 4 is 112 Å². The maximum atomic E-state index is 14.6. The highest BCUT2D eigenvalue weighted by molar-refractivity contribution is 7.54. The molecule has 18 rings (SSSR count). The summed E-state index contributed by atoms with van der Waals surface area (Å²) in [5, 5.41) is 62.9. The number of nitriles is 2. The molecule has 774 valence electrons. The van der Waals surface area contributed by atoms with Gasteiger partial charge in [-0.15, -0.1) is 12.4 Å². The van der Waals surface area contributed by atoms with Gasteiger partial charge in [0.2, 0.25) is 5.85 Å². The van der Waals surface area contributed by atoms with Gasteiger partial charge in [-0.05, 0) is 167 Å². The number of aliphatic hydroxyl groups is 1. The molecule has 3 fully saturated rings. The van der Waals surface area contributed by atoms with E-state index in [4.69, 9.17) is 48.7 Å². The lowest BCUT2D eigenvalue weighted by Crippen LogP contribution is -2.51. The first kappa shape index (κ1) is 115. The van der Waals surface area contributed by atoms with Gasteiger partial charge < -0.3 is 68.4 Å². The molecule has 4 amide bonds. The fraction of sp³-hybridized carbons (Fsp3) is 0.271. The molecule has 41 heteroatoms. The molecule has 5 aliphatic heterocycles. The van der Waals surface area contributed by atoms with Gasteiger partial charge in [0.15, 0.2) is 0 Å². The number of carbonyl (C=O) groups excluding carboxylic acids is 7. The summed E-state index contributed by atoms with van der Waals surface area (Å²) < 4.78 is 111. The number of hydrogen-bond donors (Lipinski definition) is 7. The Morgan fingerprint density at radius 2 is 0.791 bits per heavy atom. The third kappa shape index (κ3) is 30.7. The van der Waals surface area contributed by atoms with E-state index in [0.29, 0.717) is 153 Å². The number of carbonyl (C=O) groups is 8. The minimum atomic E-state index is -3.44. The van der Waals surface area contributed by atoms with Crippen LogP contribution in [0.4, 0.5) is 31.5 Å². The van der Waals surface area contributed by atoms with Crippen LogP contribution in [0.5, 0.6) is 0 Å². The highest BCUT2D eigenvalue weighted by Crippen LogP contribution is 2.63. The monoisotopic (exact) mass is 2070 g/mol. The second-order valence-corrected chi connectivity index (χ2v) is 36.7. The van der Waals surface area contributed by atoms with Crippen LogP contribution in [0.15, 0.2) is 227 Å². The maximum Gasteiger partial charge on any atom is 0.410 e. The minimum absolute atomic E-state index is 0. The van der Waals surface area contributed by atoms with Crippen LogP contribution in [0.3, 0.4) is 0 Å². The zero-order chi connectivity index (χ0) is 107. The number of halogens is 6. The van der Waals surface area contributed by atoms with E-state index in [0.717, 1.165) is 56.4 Å². The quantitative estimate of drug-likeness (QED) is 0.0175. The number of benzene rings is 10. The molecule has 0 aliphatic carbocycles. The molecule has 7 N–H and O–H groups in total. The number of nitrogens with one attached hydrogen (secondary N) is 5. The molecule has 0 spiro atoms. The van der Waals surface area contributed by atoms with Gasteiger partial charge in [-0.2, -0.15) is 25.8 Å². The number of ether oxygens (including phenoxy) is 4. The van der Waals surface area contributed by atoms with Gasteiger partial charge >= 0.3 is 37.7 Å². The van der Waals surface area contributed by atoms with Gasteiger partial charge in [-0.25, -0.2) is 61.2 Å². The molecule has 5 aliphatic rings. The van der Waals surface area contributed by atoms with E-state index in [9.17, 15) is 79.3 Å². The Labute approximate surface area is 853 Å². The number of cyclic esters (lactones) is 2. The highest BCUT2D eigenvalue weighted by atomic mass is 35.5. The van der Waals surface area contributed by atoms with Crippen molar-refractivity contribution in [3.8, 4) is 12.1 Å². The molecule has 13 aromatic rings. The van der Waals surface area contributed by atoms with Crippen LogP contribution in [-0.2, 0) is 51.8 Å². The van der Waals surface area contributed by atoms with Crippen molar-refractivity contribution in [2.45, 2.75) is 91.7 Å². The first-order valence-corrected chi connectivity index (χ1v) is 47.8. The van der Waals surface area contributed by atoms with E-state index in [2.05, 4.69) is 41.2 Å². The van der Waals surface area contributed by atoms with Crippen molar-refractivity contribution in [2.24, 2.45) is 0 Å². The van der Waals surface area contributed by atoms with E-state index in [-0.39, 0.29) is 94.0 Å². The zero-order valence-corrected chi connectivity index (χ0v) is 84.3. The number of rotatable bonds is 14. The smallest absolute Gasteiger partial charge is 0.410 e. The van der Waals surface area contributed by atoms with E-state index in [1.54, 1.807) is 169 Å². The number of aldehydes is 1. The lowest BCUT2D eigenvalue weighted by molar-refractivity contribution is 0.0139. The van der Waals surface area contributed by atoms with Crippen LogP contribution in [0.1, 0.15) is 185 Å². The van der Waals surface area contributed by atoms with Crippen LogP contribution in [0.2, 0.25) is 0 Å². The molecule has 0 bridgehead atoms. The first-order valence-electron chi connectivity index (χ1n) is 46.2. The predicted octanol–water partition coefficient (Wildman–Crippen LogP) is 16.5. The fourth-order valence-electron chi connectivity index (χ4n) is 15.2. The summed E-state index contributed by atoms with van der Waals surface area (Å²) in [4.78, 5) is 136. The molecule has 0 saturated carbocycles. The number of carboxylic acids is 1. The average Bonchev–Trinajstić information content (AvgIpc) is 1.62. The number of aliphatic hydroxyl groups excluding tert-OH is 1. The number of amides is 4.